The van der Waals surface area contributed by atoms with Crippen LogP contribution in [0.5, 0.6) is 0 Å². The normalized spacial score (nSPS) is 12.2. The largest absolute Gasteiger partial charge is 0.505 e. The smallest absolute Gasteiger partial charge is 0.196 e. The maximum atomic E-state index is 11.0. The van der Waals surface area contributed by atoms with Crippen molar-refractivity contribution in [1.82, 2.24) is 4.90 Å². The van der Waals surface area contributed by atoms with E-state index in [4.69, 9.17) is 5.11 Å². The molecule has 0 saturated carbocycles. The molecule has 0 saturated heterocycles. The molecule has 0 spiro atoms. The number of aliphatic hydroxyl groups excluding tert-OH is 1. The van der Waals surface area contributed by atoms with Crippen LogP contribution in [0.3, 0.4) is 0 Å². The van der Waals surface area contributed by atoms with E-state index < -0.39 is 0 Å². The Morgan fingerprint density at radius 3 is 2.50 bits per heavy atom. The molecule has 0 bridgehead atoms. The lowest BCUT2D eigenvalue weighted by molar-refractivity contribution is -0.118. The standard InChI is InChI=1S/C9H17NO2/c1-4-8(11)9(12)6-5-7-10(2)3/h4,11H,5-7H2,1-3H3. The van der Waals surface area contributed by atoms with Crippen molar-refractivity contribution in [1.29, 1.82) is 0 Å². The number of allylic oxidation sites excluding steroid dienone is 2. The number of Topliss-reactive ketones (excluding diaryl/α,β-unsaturated/α-hetero) is 1. The summed E-state index contributed by atoms with van der Waals surface area (Å²) in [6, 6.07) is 0. The lowest BCUT2D eigenvalue weighted by Gasteiger charge is -2.07. The fourth-order valence-corrected chi connectivity index (χ4v) is 0.845. The summed E-state index contributed by atoms with van der Waals surface area (Å²) in [7, 11) is 3.92. The van der Waals surface area contributed by atoms with Gasteiger partial charge in [-0.2, -0.15) is 0 Å². The Morgan fingerprint density at radius 1 is 1.50 bits per heavy atom. The van der Waals surface area contributed by atoms with Gasteiger partial charge in [-0.25, -0.2) is 0 Å². The van der Waals surface area contributed by atoms with Crippen LogP contribution in [0.25, 0.3) is 0 Å². The molecular weight excluding hydrogens is 154 g/mol. The molecule has 0 heterocycles. The van der Waals surface area contributed by atoms with E-state index in [-0.39, 0.29) is 11.5 Å². The first-order valence-electron chi connectivity index (χ1n) is 4.11. The Balaban J connectivity index is 3.58. The van der Waals surface area contributed by atoms with Crippen LogP contribution in [0.4, 0.5) is 0 Å². The summed E-state index contributed by atoms with van der Waals surface area (Å²) in [6.07, 6.45) is 2.65. The Labute approximate surface area is 73.7 Å². The number of hydrogen-bond acceptors (Lipinski definition) is 3. The van der Waals surface area contributed by atoms with Gasteiger partial charge in [0, 0.05) is 6.42 Å². The minimum absolute atomic E-state index is 0.117. The molecule has 0 radical (unpaired) electrons. The molecule has 1 N–H and O–H groups in total. The number of nitrogens with zero attached hydrogens (tertiary/aromatic N) is 1. The van der Waals surface area contributed by atoms with Gasteiger partial charge < -0.3 is 10.0 Å². The van der Waals surface area contributed by atoms with Crippen LogP contribution in [-0.2, 0) is 4.79 Å². The highest BCUT2D eigenvalue weighted by atomic mass is 16.3. The van der Waals surface area contributed by atoms with Crippen molar-refractivity contribution in [3.8, 4) is 0 Å². The molecule has 0 aliphatic carbocycles. The minimum atomic E-state index is -0.167. The lowest BCUT2D eigenvalue weighted by Crippen LogP contribution is -2.14. The van der Waals surface area contributed by atoms with Gasteiger partial charge in [0.15, 0.2) is 11.5 Å². The van der Waals surface area contributed by atoms with Gasteiger partial charge in [0.2, 0.25) is 0 Å². The summed E-state index contributed by atoms with van der Waals surface area (Å²) in [4.78, 5) is 13.0. The quantitative estimate of drug-likeness (QED) is 0.501. The highest BCUT2D eigenvalue weighted by Gasteiger charge is 2.05. The number of hydrogen-bond donors (Lipinski definition) is 1. The summed E-state index contributed by atoms with van der Waals surface area (Å²) < 4.78 is 0. The van der Waals surface area contributed by atoms with Crippen molar-refractivity contribution in [3.05, 3.63) is 11.8 Å². The molecule has 0 fully saturated rings. The highest BCUT2D eigenvalue weighted by molar-refractivity contribution is 5.92. The fraction of sp³-hybridized carbons (Fsp3) is 0.667. The van der Waals surface area contributed by atoms with E-state index in [0.717, 1.165) is 13.0 Å². The van der Waals surface area contributed by atoms with Gasteiger partial charge in [-0.3, -0.25) is 4.79 Å². The molecule has 0 aromatic carbocycles. The number of carbonyl (C=O) groups excluding carboxylic acids is 1. The zero-order valence-corrected chi connectivity index (χ0v) is 8.00. The SMILES string of the molecule is CC=C(O)C(=O)CCCN(C)C. The third-order valence-corrected chi connectivity index (χ3v) is 1.57. The maximum Gasteiger partial charge on any atom is 0.196 e. The first-order chi connectivity index (χ1) is 5.57. The number of rotatable bonds is 5. The summed E-state index contributed by atoms with van der Waals surface area (Å²) in [6.45, 7) is 2.53. The van der Waals surface area contributed by atoms with Gasteiger partial charge in [-0.05, 0) is 40.1 Å². The Hall–Kier alpha value is -0.830. The van der Waals surface area contributed by atoms with Crippen LogP contribution in [0.2, 0.25) is 0 Å². The molecular formula is C9H17NO2. The predicted octanol–water partition coefficient (Wildman–Crippen LogP) is 1.36. The van der Waals surface area contributed by atoms with Crippen LogP contribution in [0.1, 0.15) is 19.8 Å². The van der Waals surface area contributed by atoms with Crippen molar-refractivity contribution in [2.75, 3.05) is 20.6 Å². The minimum Gasteiger partial charge on any atom is -0.505 e. The first-order valence-corrected chi connectivity index (χ1v) is 4.11. The molecule has 70 valence electrons. The van der Waals surface area contributed by atoms with E-state index >= 15 is 0 Å². The molecule has 12 heavy (non-hydrogen) atoms. The molecule has 0 aliphatic rings. The molecule has 0 unspecified atom stereocenters. The van der Waals surface area contributed by atoms with Crippen LogP contribution in [0, 0.1) is 0 Å². The molecule has 0 amide bonds. The molecule has 0 aromatic heterocycles. The number of ketones is 1. The maximum absolute atomic E-state index is 11.0. The number of carbonyl (C=O) groups is 1. The van der Waals surface area contributed by atoms with E-state index in [1.165, 1.54) is 6.08 Å². The van der Waals surface area contributed by atoms with Crippen molar-refractivity contribution >= 4 is 5.78 Å². The second-order valence-corrected chi connectivity index (χ2v) is 3.00. The summed E-state index contributed by atoms with van der Waals surface area (Å²) >= 11 is 0. The van der Waals surface area contributed by atoms with Crippen molar-refractivity contribution < 1.29 is 9.90 Å². The fourth-order valence-electron chi connectivity index (χ4n) is 0.845. The highest BCUT2D eigenvalue weighted by Crippen LogP contribution is 1.99. The van der Waals surface area contributed by atoms with Crippen LogP contribution >= 0.6 is 0 Å². The van der Waals surface area contributed by atoms with E-state index in [0.29, 0.717) is 6.42 Å². The van der Waals surface area contributed by atoms with Crippen LogP contribution in [-0.4, -0.2) is 36.4 Å². The third-order valence-electron chi connectivity index (χ3n) is 1.57. The molecule has 3 nitrogen and oxygen atoms in total. The van der Waals surface area contributed by atoms with Crippen LogP contribution in [0.15, 0.2) is 11.8 Å². The Kier molecular flexibility index (Phi) is 5.37. The molecule has 3 heteroatoms. The molecule has 0 aromatic rings. The van der Waals surface area contributed by atoms with E-state index in [2.05, 4.69) is 0 Å². The predicted molar refractivity (Wildman–Crippen MR) is 49.2 cm³/mol. The third kappa shape index (κ3) is 4.91. The summed E-state index contributed by atoms with van der Waals surface area (Å²) in [5.74, 6) is -0.284. The Morgan fingerprint density at radius 2 is 2.08 bits per heavy atom. The molecule has 0 atom stereocenters. The van der Waals surface area contributed by atoms with Crippen LogP contribution < -0.4 is 0 Å². The Bertz CT molecular complexity index is 173. The van der Waals surface area contributed by atoms with Crippen molar-refractivity contribution in [2.45, 2.75) is 19.8 Å². The van der Waals surface area contributed by atoms with Crippen molar-refractivity contribution in [3.63, 3.8) is 0 Å². The summed E-state index contributed by atoms with van der Waals surface area (Å²) in [5.41, 5.74) is 0. The molecule has 0 rings (SSSR count). The van der Waals surface area contributed by atoms with Gasteiger partial charge in [0.1, 0.15) is 0 Å². The van der Waals surface area contributed by atoms with Gasteiger partial charge in [0.25, 0.3) is 0 Å². The average molecular weight is 171 g/mol. The topological polar surface area (TPSA) is 40.5 Å². The van der Waals surface area contributed by atoms with Gasteiger partial charge in [-0.1, -0.05) is 0 Å². The van der Waals surface area contributed by atoms with Crippen molar-refractivity contribution in [2.24, 2.45) is 0 Å². The van der Waals surface area contributed by atoms with E-state index in [1.54, 1.807) is 6.92 Å². The monoisotopic (exact) mass is 171 g/mol. The lowest BCUT2D eigenvalue weighted by atomic mass is 10.2. The first kappa shape index (κ1) is 11.2. The number of aliphatic hydroxyl groups is 1. The molecule has 0 aliphatic heterocycles. The van der Waals surface area contributed by atoms with Gasteiger partial charge >= 0.3 is 0 Å². The second kappa shape index (κ2) is 5.77. The average Bonchev–Trinajstić information content (AvgIpc) is 2.02. The zero-order valence-electron chi connectivity index (χ0n) is 8.00. The second-order valence-electron chi connectivity index (χ2n) is 3.00. The van der Waals surface area contributed by atoms with Gasteiger partial charge in [-0.15, -0.1) is 0 Å². The summed E-state index contributed by atoms with van der Waals surface area (Å²) in [5, 5.41) is 8.99. The van der Waals surface area contributed by atoms with Gasteiger partial charge in [0.05, 0.1) is 0 Å². The zero-order chi connectivity index (χ0) is 9.56. The van der Waals surface area contributed by atoms with E-state index in [1.807, 2.05) is 19.0 Å². The van der Waals surface area contributed by atoms with E-state index in [9.17, 15) is 4.79 Å².